The Labute approximate surface area is 205 Å². The predicted molar refractivity (Wildman–Crippen MR) is 140 cm³/mol. The van der Waals surface area contributed by atoms with Crippen molar-refractivity contribution < 1.29 is 14.6 Å². The number of aromatic nitrogens is 1. The van der Waals surface area contributed by atoms with E-state index in [-0.39, 0.29) is 24.2 Å². The van der Waals surface area contributed by atoms with Crippen LogP contribution < -0.4 is 10.5 Å². The molecule has 0 spiro atoms. The highest BCUT2D eigenvalue weighted by Gasteiger charge is 2.24. The molecular weight excluding hydrogens is 436 g/mol. The number of carbonyl (C=O) groups excluding carboxylic acids is 1. The number of aliphatic hydroxyl groups is 1. The number of ether oxygens (including phenoxy) is 1. The number of rotatable bonds is 7. The van der Waals surface area contributed by atoms with E-state index in [1.165, 1.54) is 0 Å². The maximum atomic E-state index is 12.5. The van der Waals surface area contributed by atoms with Gasteiger partial charge in [-0.15, -0.1) is 0 Å². The van der Waals surface area contributed by atoms with Crippen LogP contribution in [0.3, 0.4) is 0 Å². The van der Waals surface area contributed by atoms with Crippen molar-refractivity contribution in [2.24, 2.45) is 5.73 Å². The summed E-state index contributed by atoms with van der Waals surface area (Å²) in [6.07, 6.45) is 2.35. The van der Waals surface area contributed by atoms with E-state index in [0.29, 0.717) is 17.7 Å². The van der Waals surface area contributed by atoms with E-state index in [0.717, 1.165) is 33.2 Å². The van der Waals surface area contributed by atoms with E-state index in [1.54, 1.807) is 6.07 Å². The summed E-state index contributed by atoms with van der Waals surface area (Å²) < 4.78 is 6.10. The first-order valence-electron chi connectivity index (χ1n) is 11.7. The monoisotopic (exact) mass is 466 g/mol. The third-order valence-electron chi connectivity index (χ3n) is 6.02. The zero-order valence-corrected chi connectivity index (χ0v) is 20.3. The molecule has 0 radical (unpaired) electrons. The van der Waals surface area contributed by atoms with Crippen LogP contribution in [-0.4, -0.2) is 28.7 Å². The van der Waals surface area contributed by atoms with Crippen LogP contribution in [0.5, 0.6) is 5.75 Å². The Balaban J connectivity index is 1.83. The zero-order chi connectivity index (χ0) is 24.9. The Morgan fingerprint density at radius 2 is 1.83 bits per heavy atom. The Hall–Kier alpha value is -4.01. The number of aromatic amines is 1. The van der Waals surface area contributed by atoms with Crippen LogP contribution in [-0.2, 0) is 6.42 Å². The van der Waals surface area contributed by atoms with E-state index in [1.807, 2.05) is 75.5 Å². The minimum atomic E-state index is -0.592. The average Bonchev–Trinajstić information content (AvgIpc) is 3.25. The number of hydrogen-bond donors (Lipinski definition) is 3. The Morgan fingerprint density at radius 1 is 1.09 bits per heavy atom. The molecular formula is C30H30N2O3. The number of aliphatic hydroxyl groups excluding tert-OH is 1. The molecule has 178 valence electrons. The van der Waals surface area contributed by atoms with Crippen molar-refractivity contribution >= 4 is 16.8 Å². The molecule has 0 saturated carbocycles. The van der Waals surface area contributed by atoms with Gasteiger partial charge in [-0.05, 0) is 62.6 Å². The van der Waals surface area contributed by atoms with Crippen molar-refractivity contribution in [2.75, 3.05) is 6.61 Å². The van der Waals surface area contributed by atoms with Crippen molar-refractivity contribution in [3.05, 3.63) is 100 Å². The Morgan fingerprint density at radius 3 is 2.54 bits per heavy atom. The second-order valence-electron chi connectivity index (χ2n) is 8.98. The van der Waals surface area contributed by atoms with Gasteiger partial charge in [0.2, 0.25) is 0 Å². The maximum absolute atomic E-state index is 12.5. The van der Waals surface area contributed by atoms with Gasteiger partial charge in [0, 0.05) is 39.7 Å². The summed E-state index contributed by atoms with van der Waals surface area (Å²) in [5.74, 6) is 5.88. The number of carbonyl (C=O) groups is 1. The Kier molecular flexibility index (Phi) is 7.24. The highest BCUT2D eigenvalue weighted by Crippen LogP contribution is 2.35. The maximum Gasteiger partial charge on any atom is 0.252 e. The number of nitrogens with one attached hydrogen (secondary N) is 1. The number of fused-ring (bicyclic) bond motifs is 1. The fourth-order valence-electron chi connectivity index (χ4n) is 4.27. The molecule has 1 aromatic heterocycles. The quantitative estimate of drug-likeness (QED) is 0.332. The number of para-hydroxylation sites is 1. The largest absolute Gasteiger partial charge is 0.490 e. The molecule has 1 amide bonds. The van der Waals surface area contributed by atoms with E-state index < -0.39 is 5.91 Å². The summed E-state index contributed by atoms with van der Waals surface area (Å²) in [6.45, 7) is 5.68. The molecule has 0 fully saturated rings. The minimum Gasteiger partial charge on any atom is -0.490 e. The van der Waals surface area contributed by atoms with Crippen molar-refractivity contribution in [3.8, 4) is 17.6 Å². The van der Waals surface area contributed by atoms with Gasteiger partial charge < -0.3 is 20.6 Å². The first-order valence-corrected chi connectivity index (χ1v) is 11.7. The lowest BCUT2D eigenvalue weighted by molar-refractivity contribution is 0.0994. The van der Waals surface area contributed by atoms with Crippen molar-refractivity contribution in [3.63, 3.8) is 0 Å². The number of benzene rings is 3. The molecule has 5 heteroatoms. The summed E-state index contributed by atoms with van der Waals surface area (Å²) in [6, 6.07) is 19.5. The molecule has 0 aliphatic rings. The van der Waals surface area contributed by atoms with Crippen LogP contribution >= 0.6 is 0 Å². The molecule has 5 nitrogen and oxygen atoms in total. The molecule has 0 aliphatic carbocycles. The minimum absolute atomic E-state index is 0.124. The SMILES string of the molecule is Cc1ccccc1C#Cc1cc(C(N)=O)c(OC(C)C)c([C@H](CO)Cc2c[nH]c3ccccc23)c1. The number of amides is 1. The van der Waals surface area contributed by atoms with Gasteiger partial charge in [0.05, 0.1) is 18.3 Å². The summed E-state index contributed by atoms with van der Waals surface area (Å²) >= 11 is 0. The zero-order valence-electron chi connectivity index (χ0n) is 20.3. The average molecular weight is 467 g/mol. The molecule has 4 rings (SSSR count). The van der Waals surface area contributed by atoms with Gasteiger partial charge in [-0.1, -0.05) is 48.2 Å². The second kappa shape index (κ2) is 10.5. The lowest BCUT2D eigenvalue weighted by Gasteiger charge is -2.23. The summed E-state index contributed by atoms with van der Waals surface area (Å²) in [7, 11) is 0. The molecule has 0 aliphatic heterocycles. The third kappa shape index (κ3) is 5.40. The van der Waals surface area contributed by atoms with Crippen molar-refractivity contribution in [1.29, 1.82) is 0 Å². The van der Waals surface area contributed by atoms with E-state index in [2.05, 4.69) is 22.9 Å². The van der Waals surface area contributed by atoms with Crippen LogP contribution in [0.15, 0.2) is 66.9 Å². The van der Waals surface area contributed by atoms with Gasteiger partial charge in [-0.25, -0.2) is 0 Å². The molecule has 0 unspecified atom stereocenters. The standard InChI is InChI=1S/C30H30N2O3/c1-19(2)35-29-26(24(18-33)16-23-17-32-28-11-7-6-10-25(23)28)14-21(15-27(29)30(31)34)12-13-22-9-5-4-8-20(22)3/h4-11,14-15,17,19,24,32-33H,16,18H2,1-3H3,(H2,31,34)/t24-/m0/s1. The highest BCUT2D eigenvalue weighted by molar-refractivity contribution is 5.96. The van der Waals surface area contributed by atoms with E-state index in [4.69, 9.17) is 10.5 Å². The highest BCUT2D eigenvalue weighted by atomic mass is 16.5. The lowest BCUT2D eigenvalue weighted by atomic mass is 9.88. The normalized spacial score (nSPS) is 11.8. The van der Waals surface area contributed by atoms with Crippen LogP contribution in [0.1, 0.15) is 57.9 Å². The number of hydrogen-bond acceptors (Lipinski definition) is 3. The van der Waals surface area contributed by atoms with Crippen molar-refractivity contribution in [1.82, 2.24) is 4.98 Å². The molecule has 0 saturated heterocycles. The Bertz CT molecular complexity index is 1420. The molecule has 1 atom stereocenters. The molecule has 4 aromatic rings. The molecule has 0 bridgehead atoms. The van der Waals surface area contributed by atoms with Crippen LogP contribution in [0.2, 0.25) is 0 Å². The van der Waals surface area contributed by atoms with Gasteiger partial charge in [-0.2, -0.15) is 0 Å². The molecule has 35 heavy (non-hydrogen) atoms. The summed E-state index contributed by atoms with van der Waals surface area (Å²) in [5.41, 5.74) is 11.5. The predicted octanol–water partition coefficient (Wildman–Crippen LogP) is 5.08. The van der Waals surface area contributed by atoms with Gasteiger partial charge in [-0.3, -0.25) is 4.79 Å². The van der Waals surface area contributed by atoms with E-state index in [9.17, 15) is 9.90 Å². The fraction of sp³-hybridized carbons (Fsp3) is 0.233. The first kappa shape index (κ1) is 24.1. The third-order valence-corrected chi connectivity index (χ3v) is 6.02. The van der Waals surface area contributed by atoms with Crippen LogP contribution in [0.25, 0.3) is 10.9 Å². The molecule has 4 N–H and O–H groups in total. The molecule has 3 aromatic carbocycles. The van der Waals surface area contributed by atoms with Gasteiger partial charge in [0.1, 0.15) is 5.75 Å². The lowest BCUT2D eigenvalue weighted by Crippen LogP contribution is -2.19. The summed E-state index contributed by atoms with van der Waals surface area (Å²) in [4.78, 5) is 15.8. The first-order chi connectivity index (χ1) is 16.9. The number of primary amides is 1. The second-order valence-corrected chi connectivity index (χ2v) is 8.98. The molecule has 1 heterocycles. The van der Waals surface area contributed by atoms with E-state index >= 15 is 0 Å². The van der Waals surface area contributed by atoms with Gasteiger partial charge in [0.25, 0.3) is 5.91 Å². The summed E-state index contributed by atoms with van der Waals surface area (Å²) in [5, 5.41) is 11.6. The number of aryl methyl sites for hydroxylation is 1. The smallest absolute Gasteiger partial charge is 0.252 e. The van der Waals surface area contributed by atoms with Crippen molar-refractivity contribution in [2.45, 2.75) is 39.2 Å². The number of nitrogens with two attached hydrogens (primary N) is 1. The topological polar surface area (TPSA) is 88.3 Å². The number of H-pyrrole nitrogens is 1. The van der Waals surface area contributed by atoms with Crippen LogP contribution in [0, 0.1) is 18.8 Å². The fourth-order valence-corrected chi connectivity index (χ4v) is 4.27. The van der Waals surface area contributed by atoms with Gasteiger partial charge in [0.15, 0.2) is 0 Å². The van der Waals surface area contributed by atoms with Crippen LogP contribution in [0.4, 0.5) is 0 Å². The van der Waals surface area contributed by atoms with Gasteiger partial charge >= 0.3 is 0 Å².